The topological polar surface area (TPSA) is 41.3 Å². The van der Waals surface area contributed by atoms with Gasteiger partial charge < -0.3 is 16.0 Å². The van der Waals surface area contributed by atoms with E-state index in [0.29, 0.717) is 18.1 Å². The summed E-state index contributed by atoms with van der Waals surface area (Å²) in [7, 11) is 2.26. The van der Waals surface area contributed by atoms with Gasteiger partial charge in [0.25, 0.3) is 0 Å². The highest BCUT2D eigenvalue weighted by Gasteiger charge is 2.38. The maximum Gasteiger partial charge on any atom is 0.106 e. The highest BCUT2D eigenvalue weighted by atomic mass is 32.1. The third-order valence-corrected chi connectivity index (χ3v) is 6.99. The van der Waals surface area contributed by atoms with Crippen LogP contribution in [0.25, 0.3) is 16.7 Å². The van der Waals surface area contributed by atoms with E-state index >= 15 is 0 Å². The number of thiophene rings is 1. The van der Waals surface area contributed by atoms with Gasteiger partial charge in [0.2, 0.25) is 0 Å². The number of anilines is 1. The molecule has 26 heavy (non-hydrogen) atoms. The molecule has 0 spiro atoms. The van der Waals surface area contributed by atoms with Crippen molar-refractivity contribution in [1.82, 2.24) is 10.2 Å². The van der Waals surface area contributed by atoms with Crippen molar-refractivity contribution in [3.63, 3.8) is 0 Å². The first kappa shape index (κ1) is 17.7. The van der Waals surface area contributed by atoms with Crippen molar-refractivity contribution in [3.05, 3.63) is 47.2 Å². The number of hydrogen-bond donors (Lipinski definition) is 2. The Bertz CT molecular complexity index is 814. The molecule has 136 valence electrons. The molecule has 2 atom stereocenters. The number of fused-ring (bicyclic) bond motifs is 2. The van der Waals surface area contributed by atoms with E-state index < -0.39 is 0 Å². The Labute approximate surface area is 164 Å². The second-order valence-corrected chi connectivity index (χ2v) is 8.67. The van der Waals surface area contributed by atoms with Gasteiger partial charge in [-0.05, 0) is 72.8 Å². The van der Waals surface area contributed by atoms with E-state index in [9.17, 15) is 0 Å². The van der Waals surface area contributed by atoms with Crippen LogP contribution in [0.5, 0.6) is 0 Å². The molecule has 2 saturated heterocycles. The summed E-state index contributed by atoms with van der Waals surface area (Å²) in [6, 6.07) is 10.0. The fourth-order valence-corrected chi connectivity index (χ4v) is 5.29. The van der Waals surface area contributed by atoms with Crippen LogP contribution in [0.2, 0.25) is 0 Å². The van der Waals surface area contributed by atoms with Gasteiger partial charge in [0.15, 0.2) is 0 Å². The van der Waals surface area contributed by atoms with E-state index in [1.54, 1.807) is 11.3 Å². The molecule has 1 aromatic carbocycles. The van der Waals surface area contributed by atoms with Crippen LogP contribution >= 0.6 is 23.6 Å². The van der Waals surface area contributed by atoms with E-state index in [0.717, 1.165) is 40.2 Å². The molecule has 3 heterocycles. The lowest BCUT2D eigenvalue weighted by Gasteiger charge is -2.37. The predicted octanol–water partition coefficient (Wildman–Crippen LogP) is 4.55. The standard InChI is InChI=1S/C21H25N3S2/c1-13(19-9-14(3-6-20(19)22)15-7-8-26-12-15)21(25)23-16-10-17-4-5-18(11-16)24(17)2/h3,6-9,12,16-18H,1,4-5,10-11,22H2,2H3,(H,23,25). The van der Waals surface area contributed by atoms with E-state index in [1.807, 2.05) is 6.07 Å². The molecule has 0 amide bonds. The predicted molar refractivity (Wildman–Crippen MR) is 117 cm³/mol. The zero-order valence-corrected chi connectivity index (χ0v) is 16.7. The van der Waals surface area contributed by atoms with Crippen LogP contribution in [0, 0.1) is 0 Å². The van der Waals surface area contributed by atoms with Gasteiger partial charge in [0.05, 0.1) is 0 Å². The Hall–Kier alpha value is -1.69. The van der Waals surface area contributed by atoms with Crippen molar-refractivity contribution in [1.29, 1.82) is 0 Å². The van der Waals surface area contributed by atoms with Gasteiger partial charge >= 0.3 is 0 Å². The molecule has 2 fully saturated rings. The number of thiocarbonyl (C=S) groups is 1. The second kappa shape index (κ2) is 7.14. The average molecular weight is 384 g/mol. The molecule has 5 heteroatoms. The molecule has 4 rings (SSSR count). The number of rotatable bonds is 4. The lowest BCUT2D eigenvalue weighted by Crippen LogP contribution is -2.48. The van der Waals surface area contributed by atoms with Crippen LogP contribution in [-0.4, -0.2) is 35.1 Å². The smallest absolute Gasteiger partial charge is 0.106 e. The van der Waals surface area contributed by atoms with E-state index in [-0.39, 0.29) is 0 Å². The van der Waals surface area contributed by atoms with Crippen molar-refractivity contribution in [2.45, 2.75) is 43.8 Å². The number of benzene rings is 1. The average Bonchev–Trinajstić information content (AvgIpc) is 3.22. The molecule has 0 radical (unpaired) electrons. The lowest BCUT2D eigenvalue weighted by molar-refractivity contribution is 0.157. The second-order valence-electron chi connectivity index (χ2n) is 7.48. The van der Waals surface area contributed by atoms with Crippen molar-refractivity contribution in [3.8, 4) is 11.1 Å². The molecule has 0 saturated carbocycles. The van der Waals surface area contributed by atoms with Crippen LogP contribution in [-0.2, 0) is 0 Å². The van der Waals surface area contributed by atoms with Gasteiger partial charge in [0.1, 0.15) is 4.99 Å². The number of piperidine rings is 1. The van der Waals surface area contributed by atoms with E-state index in [2.05, 4.69) is 52.8 Å². The van der Waals surface area contributed by atoms with Crippen molar-refractivity contribution in [2.24, 2.45) is 0 Å². The Morgan fingerprint density at radius 2 is 1.96 bits per heavy atom. The molecular weight excluding hydrogens is 358 g/mol. The summed E-state index contributed by atoms with van der Waals surface area (Å²) in [6.45, 7) is 4.25. The number of nitrogen functional groups attached to an aromatic ring is 1. The summed E-state index contributed by atoms with van der Waals surface area (Å²) in [5.74, 6) is 0. The monoisotopic (exact) mass is 383 g/mol. The van der Waals surface area contributed by atoms with Crippen molar-refractivity contribution in [2.75, 3.05) is 12.8 Å². The van der Waals surface area contributed by atoms with Gasteiger partial charge in [-0.2, -0.15) is 11.3 Å². The highest BCUT2D eigenvalue weighted by molar-refractivity contribution is 7.81. The maximum absolute atomic E-state index is 6.23. The summed E-state index contributed by atoms with van der Waals surface area (Å²) in [6.07, 6.45) is 4.93. The molecular formula is C21H25N3S2. The molecule has 0 aliphatic carbocycles. The van der Waals surface area contributed by atoms with Crippen LogP contribution in [0.4, 0.5) is 5.69 Å². The first-order chi connectivity index (χ1) is 12.5. The third kappa shape index (κ3) is 3.31. The molecule has 3 N–H and O–H groups in total. The van der Waals surface area contributed by atoms with Crippen LogP contribution in [0.1, 0.15) is 31.2 Å². The van der Waals surface area contributed by atoms with Gasteiger partial charge in [-0.15, -0.1) is 0 Å². The number of nitrogens with two attached hydrogens (primary N) is 1. The minimum Gasteiger partial charge on any atom is -0.398 e. The largest absolute Gasteiger partial charge is 0.398 e. The molecule has 2 aromatic rings. The zero-order chi connectivity index (χ0) is 18.3. The molecule has 2 aliphatic heterocycles. The van der Waals surface area contributed by atoms with E-state index in [1.165, 1.54) is 18.4 Å². The molecule has 1 aromatic heterocycles. The van der Waals surface area contributed by atoms with Gasteiger partial charge in [-0.25, -0.2) is 0 Å². The Morgan fingerprint density at radius 3 is 2.62 bits per heavy atom. The minimum absolute atomic E-state index is 0.439. The zero-order valence-electron chi connectivity index (χ0n) is 15.1. The normalized spacial score (nSPS) is 25.2. The summed E-state index contributed by atoms with van der Waals surface area (Å²) >= 11 is 7.38. The van der Waals surface area contributed by atoms with Crippen LogP contribution in [0.3, 0.4) is 0 Å². The maximum atomic E-state index is 6.23. The minimum atomic E-state index is 0.439. The molecule has 2 aliphatic rings. The molecule has 2 unspecified atom stereocenters. The Morgan fingerprint density at radius 1 is 1.23 bits per heavy atom. The fraction of sp³-hybridized carbons (Fsp3) is 0.381. The third-order valence-electron chi connectivity index (χ3n) is 5.94. The number of hydrogen-bond acceptors (Lipinski definition) is 4. The quantitative estimate of drug-likeness (QED) is 0.462. The number of nitrogens with one attached hydrogen (secondary N) is 1. The number of nitrogens with zero attached hydrogens (tertiary/aromatic N) is 1. The summed E-state index contributed by atoms with van der Waals surface area (Å²) in [5, 5.41) is 7.80. The van der Waals surface area contributed by atoms with E-state index in [4.69, 9.17) is 18.0 Å². The van der Waals surface area contributed by atoms with Gasteiger partial charge in [-0.1, -0.05) is 24.9 Å². The van der Waals surface area contributed by atoms with Gasteiger partial charge in [0, 0.05) is 34.9 Å². The first-order valence-electron chi connectivity index (χ1n) is 9.17. The first-order valence-corrected chi connectivity index (χ1v) is 10.5. The molecule has 2 bridgehead atoms. The lowest BCUT2D eigenvalue weighted by atomic mass is 9.96. The summed E-state index contributed by atoms with van der Waals surface area (Å²) in [5.41, 5.74) is 11.1. The molecule has 3 nitrogen and oxygen atoms in total. The van der Waals surface area contributed by atoms with Crippen LogP contribution in [0.15, 0.2) is 41.6 Å². The SMILES string of the molecule is C=C(C(=S)NC1CC2CCC(C1)N2C)c1cc(-c2ccsc2)ccc1N. The van der Waals surface area contributed by atoms with Gasteiger partial charge in [-0.3, -0.25) is 0 Å². The van der Waals surface area contributed by atoms with Crippen molar-refractivity contribution < 1.29 is 0 Å². The fourth-order valence-electron chi connectivity index (χ4n) is 4.35. The summed E-state index contributed by atoms with van der Waals surface area (Å²) in [4.78, 5) is 3.27. The Kier molecular flexibility index (Phi) is 4.86. The van der Waals surface area contributed by atoms with Crippen molar-refractivity contribution >= 4 is 39.8 Å². The van der Waals surface area contributed by atoms with Crippen LogP contribution < -0.4 is 11.1 Å². The Balaban J connectivity index is 1.49. The summed E-state index contributed by atoms with van der Waals surface area (Å²) < 4.78 is 0. The highest BCUT2D eigenvalue weighted by Crippen LogP contribution is 2.35.